The standard InChI is InChI=1S/C12H15ClN2O2/c13-10-5-6-12(15(16)17)11(7-10)14-8-9-3-1-2-4-9/h5-7,9,14H,1-4,8H2. The number of halogens is 1. The molecule has 1 aliphatic rings. The van der Waals surface area contributed by atoms with Gasteiger partial charge in [0.15, 0.2) is 0 Å². The molecule has 92 valence electrons. The summed E-state index contributed by atoms with van der Waals surface area (Å²) in [6, 6.07) is 4.61. The normalized spacial score (nSPS) is 16.1. The molecular formula is C12H15ClN2O2. The minimum Gasteiger partial charge on any atom is -0.379 e. The number of hydrogen-bond acceptors (Lipinski definition) is 3. The van der Waals surface area contributed by atoms with Gasteiger partial charge in [-0.25, -0.2) is 0 Å². The predicted molar refractivity (Wildman–Crippen MR) is 68.6 cm³/mol. The first kappa shape index (κ1) is 12.2. The molecule has 17 heavy (non-hydrogen) atoms. The first-order chi connectivity index (χ1) is 8.16. The second-order valence-corrected chi connectivity index (χ2v) is 4.89. The highest BCUT2D eigenvalue weighted by Crippen LogP contribution is 2.30. The second-order valence-electron chi connectivity index (χ2n) is 4.45. The van der Waals surface area contributed by atoms with Crippen molar-refractivity contribution in [1.82, 2.24) is 0 Å². The van der Waals surface area contributed by atoms with E-state index in [1.54, 1.807) is 12.1 Å². The molecule has 0 amide bonds. The van der Waals surface area contributed by atoms with E-state index in [0.717, 1.165) is 6.54 Å². The summed E-state index contributed by atoms with van der Waals surface area (Å²) >= 11 is 5.85. The monoisotopic (exact) mass is 254 g/mol. The molecule has 1 aromatic rings. The van der Waals surface area contributed by atoms with Gasteiger partial charge in [-0.05, 0) is 30.9 Å². The minimum absolute atomic E-state index is 0.0902. The molecule has 5 heteroatoms. The van der Waals surface area contributed by atoms with Crippen molar-refractivity contribution in [1.29, 1.82) is 0 Å². The van der Waals surface area contributed by atoms with Crippen molar-refractivity contribution in [2.75, 3.05) is 11.9 Å². The summed E-state index contributed by atoms with van der Waals surface area (Å²) in [5.41, 5.74) is 0.613. The molecule has 1 aliphatic carbocycles. The molecule has 1 saturated carbocycles. The summed E-state index contributed by atoms with van der Waals surface area (Å²) in [6.07, 6.45) is 4.96. The first-order valence-corrected chi connectivity index (χ1v) is 6.22. The number of nitrogens with one attached hydrogen (secondary N) is 1. The van der Waals surface area contributed by atoms with E-state index in [2.05, 4.69) is 5.32 Å². The van der Waals surface area contributed by atoms with Gasteiger partial charge in [0.05, 0.1) is 4.92 Å². The molecule has 1 fully saturated rings. The van der Waals surface area contributed by atoms with Crippen molar-refractivity contribution in [2.24, 2.45) is 5.92 Å². The topological polar surface area (TPSA) is 55.2 Å². The van der Waals surface area contributed by atoms with Gasteiger partial charge in [-0.1, -0.05) is 24.4 Å². The molecule has 0 aliphatic heterocycles. The van der Waals surface area contributed by atoms with E-state index in [1.807, 2.05) is 0 Å². The molecule has 0 radical (unpaired) electrons. The number of nitro benzene ring substituents is 1. The molecule has 0 bridgehead atoms. The average molecular weight is 255 g/mol. The smallest absolute Gasteiger partial charge is 0.292 e. The van der Waals surface area contributed by atoms with Crippen LogP contribution in [-0.4, -0.2) is 11.5 Å². The van der Waals surface area contributed by atoms with Crippen LogP contribution in [0.15, 0.2) is 18.2 Å². The van der Waals surface area contributed by atoms with Gasteiger partial charge in [-0.15, -0.1) is 0 Å². The Bertz CT molecular complexity index is 417. The van der Waals surface area contributed by atoms with Crippen LogP contribution in [0.1, 0.15) is 25.7 Å². The fraction of sp³-hybridized carbons (Fsp3) is 0.500. The molecule has 1 aromatic carbocycles. The quantitative estimate of drug-likeness (QED) is 0.656. The maximum absolute atomic E-state index is 10.9. The first-order valence-electron chi connectivity index (χ1n) is 5.84. The largest absolute Gasteiger partial charge is 0.379 e. The molecule has 1 N–H and O–H groups in total. The lowest BCUT2D eigenvalue weighted by Crippen LogP contribution is -2.12. The Balaban J connectivity index is 2.07. The maximum atomic E-state index is 10.9. The van der Waals surface area contributed by atoms with Crippen LogP contribution in [0, 0.1) is 16.0 Å². The summed E-state index contributed by atoms with van der Waals surface area (Å²) in [6.45, 7) is 0.793. The Morgan fingerprint density at radius 1 is 1.41 bits per heavy atom. The molecule has 2 rings (SSSR count). The van der Waals surface area contributed by atoms with Crippen LogP contribution in [0.2, 0.25) is 5.02 Å². The van der Waals surface area contributed by atoms with Crippen molar-refractivity contribution in [3.63, 3.8) is 0 Å². The lowest BCUT2D eigenvalue weighted by Gasteiger charge is -2.12. The average Bonchev–Trinajstić information content (AvgIpc) is 2.78. The van der Waals surface area contributed by atoms with Crippen LogP contribution in [0.4, 0.5) is 11.4 Å². The van der Waals surface area contributed by atoms with E-state index in [1.165, 1.54) is 31.7 Å². The lowest BCUT2D eigenvalue weighted by atomic mass is 10.1. The summed E-state index contributed by atoms with van der Waals surface area (Å²) in [4.78, 5) is 10.5. The van der Waals surface area contributed by atoms with Gasteiger partial charge in [-0.3, -0.25) is 10.1 Å². The molecule has 0 saturated heterocycles. The Labute approximate surface area is 105 Å². The molecule has 0 heterocycles. The van der Waals surface area contributed by atoms with Gasteiger partial charge in [0.1, 0.15) is 5.69 Å². The zero-order chi connectivity index (χ0) is 12.3. The molecule has 0 aromatic heterocycles. The number of rotatable bonds is 4. The van der Waals surface area contributed by atoms with Crippen LogP contribution < -0.4 is 5.32 Å². The summed E-state index contributed by atoms with van der Waals surface area (Å²) in [7, 11) is 0. The Morgan fingerprint density at radius 2 is 2.12 bits per heavy atom. The third-order valence-corrected chi connectivity index (χ3v) is 3.45. The van der Waals surface area contributed by atoms with Crippen molar-refractivity contribution < 1.29 is 4.92 Å². The van der Waals surface area contributed by atoms with Crippen molar-refractivity contribution >= 4 is 23.0 Å². The zero-order valence-electron chi connectivity index (χ0n) is 9.49. The fourth-order valence-corrected chi connectivity index (χ4v) is 2.45. The third kappa shape index (κ3) is 3.09. The Kier molecular flexibility index (Phi) is 3.84. The van der Waals surface area contributed by atoms with Gasteiger partial charge in [0.25, 0.3) is 5.69 Å². The van der Waals surface area contributed by atoms with Crippen LogP contribution in [0.5, 0.6) is 0 Å². The van der Waals surface area contributed by atoms with E-state index in [9.17, 15) is 10.1 Å². The molecule has 0 unspecified atom stereocenters. The molecule has 0 atom stereocenters. The number of benzene rings is 1. The molecule has 4 nitrogen and oxygen atoms in total. The number of anilines is 1. The van der Waals surface area contributed by atoms with Gasteiger partial charge in [-0.2, -0.15) is 0 Å². The van der Waals surface area contributed by atoms with E-state index in [0.29, 0.717) is 16.6 Å². The van der Waals surface area contributed by atoms with Gasteiger partial charge >= 0.3 is 0 Å². The number of nitro groups is 1. The van der Waals surface area contributed by atoms with Gasteiger partial charge < -0.3 is 5.32 Å². The predicted octanol–water partition coefficient (Wildman–Crippen LogP) is 3.85. The second kappa shape index (κ2) is 5.36. The summed E-state index contributed by atoms with van der Waals surface area (Å²) in [5.74, 6) is 0.633. The highest BCUT2D eigenvalue weighted by atomic mass is 35.5. The van der Waals surface area contributed by atoms with Crippen LogP contribution in [0.3, 0.4) is 0 Å². The zero-order valence-corrected chi connectivity index (χ0v) is 10.2. The lowest BCUT2D eigenvalue weighted by molar-refractivity contribution is -0.384. The minimum atomic E-state index is -0.382. The van der Waals surface area contributed by atoms with Crippen LogP contribution in [-0.2, 0) is 0 Å². The van der Waals surface area contributed by atoms with E-state index >= 15 is 0 Å². The number of hydrogen-bond donors (Lipinski definition) is 1. The van der Waals surface area contributed by atoms with E-state index in [4.69, 9.17) is 11.6 Å². The Morgan fingerprint density at radius 3 is 2.76 bits per heavy atom. The van der Waals surface area contributed by atoms with Crippen LogP contribution in [0.25, 0.3) is 0 Å². The van der Waals surface area contributed by atoms with Crippen molar-refractivity contribution in [3.05, 3.63) is 33.3 Å². The van der Waals surface area contributed by atoms with Crippen molar-refractivity contribution in [3.8, 4) is 0 Å². The maximum Gasteiger partial charge on any atom is 0.292 e. The van der Waals surface area contributed by atoms with Crippen LogP contribution >= 0.6 is 11.6 Å². The fourth-order valence-electron chi connectivity index (χ4n) is 2.28. The number of nitrogens with zero attached hydrogens (tertiary/aromatic N) is 1. The Hall–Kier alpha value is -1.29. The van der Waals surface area contributed by atoms with E-state index in [-0.39, 0.29) is 10.6 Å². The SMILES string of the molecule is O=[N+]([O-])c1ccc(Cl)cc1NCC1CCCC1. The third-order valence-electron chi connectivity index (χ3n) is 3.21. The van der Waals surface area contributed by atoms with Gasteiger partial charge in [0.2, 0.25) is 0 Å². The molecule has 0 spiro atoms. The summed E-state index contributed by atoms with van der Waals surface area (Å²) < 4.78 is 0. The van der Waals surface area contributed by atoms with Crippen molar-refractivity contribution in [2.45, 2.75) is 25.7 Å². The highest BCUT2D eigenvalue weighted by molar-refractivity contribution is 6.31. The molecular weight excluding hydrogens is 240 g/mol. The summed E-state index contributed by atoms with van der Waals surface area (Å²) in [5, 5.41) is 14.5. The highest BCUT2D eigenvalue weighted by Gasteiger charge is 2.18. The van der Waals surface area contributed by atoms with Gasteiger partial charge in [0, 0.05) is 17.6 Å². The van der Waals surface area contributed by atoms with E-state index < -0.39 is 0 Å².